The lowest BCUT2D eigenvalue weighted by atomic mass is 9.97. The first-order valence-electron chi connectivity index (χ1n) is 11.8. The Morgan fingerprint density at radius 3 is 1.86 bits per heavy atom. The molecule has 1 aromatic heterocycles. The molecule has 0 N–H and O–H groups in total. The summed E-state index contributed by atoms with van der Waals surface area (Å²) in [5, 5.41) is 2.52. The van der Waals surface area contributed by atoms with Crippen molar-refractivity contribution in [3.63, 3.8) is 0 Å². The van der Waals surface area contributed by atoms with Gasteiger partial charge in [-0.1, -0.05) is 115 Å². The Morgan fingerprint density at radius 1 is 0.429 bits per heavy atom. The zero-order chi connectivity index (χ0) is 23.6. The van der Waals surface area contributed by atoms with Crippen molar-refractivity contribution >= 4 is 10.8 Å². The van der Waals surface area contributed by atoms with Crippen LogP contribution in [0.2, 0.25) is 0 Å². The van der Waals surface area contributed by atoms with E-state index in [0.717, 1.165) is 28.3 Å². The second-order valence-electron chi connectivity index (χ2n) is 8.74. The topological polar surface area (TPSA) is 25.8 Å². The zero-order valence-corrected chi connectivity index (χ0v) is 19.5. The molecule has 2 nitrogen and oxygen atoms in total. The van der Waals surface area contributed by atoms with Crippen molar-refractivity contribution in [1.82, 2.24) is 9.97 Å². The Kier molecular flexibility index (Phi) is 5.40. The van der Waals surface area contributed by atoms with Crippen LogP contribution in [0.5, 0.6) is 0 Å². The van der Waals surface area contributed by atoms with E-state index in [1.54, 1.807) is 0 Å². The van der Waals surface area contributed by atoms with E-state index < -0.39 is 0 Å². The van der Waals surface area contributed by atoms with Gasteiger partial charge in [-0.2, -0.15) is 0 Å². The average Bonchev–Trinajstić information content (AvgIpc) is 2.93. The molecule has 0 aliphatic heterocycles. The lowest BCUT2D eigenvalue weighted by molar-refractivity contribution is 1.06. The van der Waals surface area contributed by atoms with Crippen LogP contribution in [0.15, 0.2) is 127 Å². The number of fused-ring (bicyclic) bond motifs is 1. The number of hydrogen-bond acceptors (Lipinski definition) is 2. The van der Waals surface area contributed by atoms with Gasteiger partial charge in [0.1, 0.15) is 5.82 Å². The predicted molar refractivity (Wildman–Crippen MR) is 146 cm³/mol. The van der Waals surface area contributed by atoms with Crippen LogP contribution >= 0.6 is 0 Å². The number of hydrogen-bond donors (Lipinski definition) is 0. The number of rotatable bonds is 4. The van der Waals surface area contributed by atoms with Crippen molar-refractivity contribution in [2.24, 2.45) is 0 Å². The van der Waals surface area contributed by atoms with Gasteiger partial charge in [0, 0.05) is 11.1 Å². The van der Waals surface area contributed by atoms with Gasteiger partial charge in [-0.15, -0.1) is 0 Å². The number of aryl methyl sites for hydroxylation is 1. The fourth-order valence-electron chi connectivity index (χ4n) is 4.65. The van der Waals surface area contributed by atoms with Gasteiger partial charge in [0.05, 0.1) is 11.4 Å². The second-order valence-corrected chi connectivity index (χ2v) is 8.74. The van der Waals surface area contributed by atoms with Gasteiger partial charge < -0.3 is 0 Å². The Balaban J connectivity index is 1.36. The quantitative estimate of drug-likeness (QED) is 0.270. The molecule has 1 heterocycles. The Hall–Kier alpha value is -4.56. The van der Waals surface area contributed by atoms with E-state index in [-0.39, 0.29) is 0 Å². The third kappa shape index (κ3) is 4.22. The largest absolute Gasteiger partial charge is 0.233 e. The summed E-state index contributed by atoms with van der Waals surface area (Å²) in [6.45, 7) is 1.96. The van der Waals surface area contributed by atoms with Crippen LogP contribution in [0, 0.1) is 6.92 Å². The Bertz CT molecular complexity index is 1630. The summed E-state index contributed by atoms with van der Waals surface area (Å²) in [5.74, 6) is 0.765. The van der Waals surface area contributed by atoms with Crippen LogP contribution in [0.3, 0.4) is 0 Å². The minimum atomic E-state index is 0.765. The smallest absolute Gasteiger partial charge is 0.126 e. The van der Waals surface area contributed by atoms with Crippen molar-refractivity contribution in [2.75, 3.05) is 0 Å². The van der Waals surface area contributed by atoms with Crippen LogP contribution in [0.1, 0.15) is 5.82 Å². The first-order valence-corrected chi connectivity index (χ1v) is 11.8. The molecule has 0 atom stereocenters. The van der Waals surface area contributed by atoms with E-state index in [0.29, 0.717) is 0 Å². The van der Waals surface area contributed by atoms with Gasteiger partial charge >= 0.3 is 0 Å². The summed E-state index contributed by atoms with van der Waals surface area (Å²) >= 11 is 0. The molecule has 0 aliphatic carbocycles. The van der Waals surface area contributed by atoms with Crippen LogP contribution in [0.4, 0.5) is 0 Å². The molecule has 0 bridgehead atoms. The molecule has 0 amide bonds. The predicted octanol–water partition coefficient (Wildman–Crippen LogP) is 8.61. The molecule has 5 aromatic carbocycles. The van der Waals surface area contributed by atoms with Crippen LogP contribution < -0.4 is 0 Å². The number of nitrogens with zero attached hydrogens (tertiary/aromatic N) is 2. The zero-order valence-electron chi connectivity index (χ0n) is 19.5. The molecule has 35 heavy (non-hydrogen) atoms. The molecular formula is C33H24N2. The van der Waals surface area contributed by atoms with Crippen molar-refractivity contribution < 1.29 is 0 Å². The highest BCUT2D eigenvalue weighted by Crippen LogP contribution is 2.31. The second kappa shape index (κ2) is 9.00. The molecule has 6 rings (SSSR count). The molecular weight excluding hydrogens is 424 g/mol. The highest BCUT2D eigenvalue weighted by Gasteiger charge is 2.09. The van der Waals surface area contributed by atoms with E-state index in [9.17, 15) is 0 Å². The van der Waals surface area contributed by atoms with Gasteiger partial charge in [0.15, 0.2) is 0 Å². The van der Waals surface area contributed by atoms with E-state index in [1.165, 1.54) is 33.0 Å². The molecule has 2 heteroatoms. The summed E-state index contributed by atoms with van der Waals surface area (Å²) in [6, 6.07) is 44.7. The molecule has 166 valence electrons. The number of aromatic nitrogens is 2. The maximum atomic E-state index is 4.75. The molecule has 0 saturated carbocycles. The average molecular weight is 449 g/mol. The number of benzene rings is 5. The van der Waals surface area contributed by atoms with E-state index in [1.807, 2.05) is 13.0 Å². The van der Waals surface area contributed by atoms with Crippen molar-refractivity contribution in [3.8, 4) is 44.8 Å². The highest BCUT2D eigenvalue weighted by atomic mass is 14.9. The lowest BCUT2D eigenvalue weighted by Gasteiger charge is -2.10. The van der Waals surface area contributed by atoms with Gasteiger partial charge in [0.25, 0.3) is 0 Å². The van der Waals surface area contributed by atoms with Gasteiger partial charge in [0.2, 0.25) is 0 Å². The van der Waals surface area contributed by atoms with Crippen molar-refractivity contribution in [1.29, 1.82) is 0 Å². The molecule has 0 radical (unpaired) electrons. The summed E-state index contributed by atoms with van der Waals surface area (Å²) in [4.78, 5) is 9.50. The van der Waals surface area contributed by atoms with Gasteiger partial charge in [-0.3, -0.25) is 0 Å². The van der Waals surface area contributed by atoms with E-state index in [4.69, 9.17) is 9.97 Å². The van der Waals surface area contributed by atoms with Crippen molar-refractivity contribution in [2.45, 2.75) is 6.92 Å². The normalized spacial score (nSPS) is 11.0. The minimum absolute atomic E-state index is 0.765. The Morgan fingerprint density at radius 2 is 1.03 bits per heavy atom. The highest BCUT2D eigenvalue weighted by molar-refractivity contribution is 5.96. The fraction of sp³-hybridized carbons (Fsp3) is 0.0303. The standard InChI is InChI=1S/C33H24N2/c1-23-34-32(22-33(35-23)29-14-7-13-28(21-29)24-9-3-2-4-10-24)27-19-17-26(18-20-27)31-16-8-12-25-11-5-6-15-30(25)31/h2-22H,1H3. The molecule has 0 spiro atoms. The molecule has 0 fully saturated rings. The fourth-order valence-corrected chi connectivity index (χ4v) is 4.65. The summed E-state index contributed by atoms with van der Waals surface area (Å²) in [7, 11) is 0. The third-order valence-electron chi connectivity index (χ3n) is 6.38. The molecule has 0 aliphatic rings. The summed E-state index contributed by atoms with van der Waals surface area (Å²) in [5.41, 5.74) is 8.86. The van der Waals surface area contributed by atoms with Crippen LogP contribution in [-0.4, -0.2) is 9.97 Å². The monoisotopic (exact) mass is 448 g/mol. The SMILES string of the molecule is Cc1nc(-c2ccc(-c3cccc4ccccc34)cc2)cc(-c2cccc(-c3ccccc3)c2)n1. The maximum Gasteiger partial charge on any atom is 0.126 e. The van der Waals surface area contributed by atoms with Gasteiger partial charge in [-0.05, 0) is 52.1 Å². The van der Waals surface area contributed by atoms with Crippen molar-refractivity contribution in [3.05, 3.63) is 133 Å². The van der Waals surface area contributed by atoms with Gasteiger partial charge in [-0.25, -0.2) is 9.97 Å². The van der Waals surface area contributed by atoms with E-state index in [2.05, 4.69) is 121 Å². The Labute approximate surface area is 205 Å². The minimum Gasteiger partial charge on any atom is -0.233 e. The third-order valence-corrected chi connectivity index (χ3v) is 6.38. The first-order chi connectivity index (χ1) is 17.2. The van der Waals surface area contributed by atoms with Crippen LogP contribution in [-0.2, 0) is 0 Å². The molecule has 0 saturated heterocycles. The molecule has 0 unspecified atom stereocenters. The first kappa shape index (κ1) is 21.0. The lowest BCUT2D eigenvalue weighted by Crippen LogP contribution is -1.95. The van der Waals surface area contributed by atoms with E-state index >= 15 is 0 Å². The van der Waals surface area contributed by atoms with Crippen LogP contribution in [0.25, 0.3) is 55.5 Å². The maximum absolute atomic E-state index is 4.75. The molecule has 6 aromatic rings. The summed E-state index contributed by atoms with van der Waals surface area (Å²) < 4.78 is 0. The summed E-state index contributed by atoms with van der Waals surface area (Å²) in [6.07, 6.45) is 0.